The summed E-state index contributed by atoms with van der Waals surface area (Å²) in [6, 6.07) is 7.88. The fourth-order valence-corrected chi connectivity index (χ4v) is 2.90. The smallest absolute Gasteiger partial charge is 0.251 e. The first kappa shape index (κ1) is 24.2. The first-order valence-corrected chi connectivity index (χ1v) is 10.3. The quantitative estimate of drug-likeness (QED) is 0.280. The lowest BCUT2D eigenvalue weighted by Gasteiger charge is -2.10. The van der Waals surface area contributed by atoms with Crippen LogP contribution in [0.3, 0.4) is 0 Å². The summed E-state index contributed by atoms with van der Waals surface area (Å²) < 4.78 is 5.43. The molecule has 164 valence electrons. The molecule has 2 rings (SSSR count). The van der Waals surface area contributed by atoms with Gasteiger partial charge in [-0.25, -0.2) is 5.43 Å². The van der Waals surface area contributed by atoms with Gasteiger partial charge in [0.25, 0.3) is 5.91 Å². The molecule has 0 saturated heterocycles. The van der Waals surface area contributed by atoms with Crippen molar-refractivity contribution in [1.29, 1.82) is 0 Å². The number of nitrogens with zero attached hydrogens (tertiary/aromatic N) is 1. The monoisotopic (exact) mass is 463 g/mol. The van der Waals surface area contributed by atoms with Crippen LogP contribution in [-0.4, -0.2) is 36.3 Å². The zero-order valence-corrected chi connectivity index (χ0v) is 18.5. The number of halogens is 2. The summed E-state index contributed by atoms with van der Waals surface area (Å²) in [6.45, 7) is 6.00. The van der Waals surface area contributed by atoms with Crippen molar-refractivity contribution in [2.24, 2.45) is 5.10 Å². The molecular weight excluding hydrogens is 441 g/mol. The third kappa shape index (κ3) is 7.31. The van der Waals surface area contributed by atoms with Crippen LogP contribution in [0.1, 0.15) is 34.8 Å². The van der Waals surface area contributed by atoms with Crippen LogP contribution < -0.4 is 15.5 Å². The van der Waals surface area contributed by atoms with E-state index in [1.807, 2.05) is 6.92 Å². The standard InChI is InChI=1S/C22H23Cl2N3O4/c1-3-5-15-10-14(11-19(21(15)29)31-4-2)13-26-27-20(28)8-9-25-22(30)16-6-7-17(23)18(24)12-16/h3,6-7,10-13,29H,1,4-5,8-9H2,2H3,(H,25,30)(H,27,28). The molecular formula is C22H23Cl2N3O4. The number of phenols is 1. The number of ether oxygens (including phenoxy) is 1. The maximum absolute atomic E-state index is 12.1. The zero-order chi connectivity index (χ0) is 22.8. The molecule has 9 heteroatoms. The molecule has 0 spiro atoms. The SMILES string of the molecule is C=CCc1cc(C=NNC(=O)CCNC(=O)c2ccc(Cl)c(Cl)c2)cc(OCC)c1O. The summed E-state index contributed by atoms with van der Waals surface area (Å²) in [6.07, 6.45) is 3.60. The van der Waals surface area contributed by atoms with Gasteiger partial charge in [-0.3, -0.25) is 9.59 Å². The number of amides is 2. The van der Waals surface area contributed by atoms with E-state index in [9.17, 15) is 14.7 Å². The van der Waals surface area contributed by atoms with Crippen molar-refractivity contribution in [3.8, 4) is 11.5 Å². The van der Waals surface area contributed by atoms with Crippen LogP contribution in [0.15, 0.2) is 48.1 Å². The van der Waals surface area contributed by atoms with Gasteiger partial charge < -0.3 is 15.2 Å². The van der Waals surface area contributed by atoms with Gasteiger partial charge >= 0.3 is 0 Å². The summed E-state index contributed by atoms with van der Waals surface area (Å²) in [5, 5.41) is 17.4. The first-order valence-electron chi connectivity index (χ1n) is 9.50. The molecule has 0 bridgehead atoms. The molecule has 2 amide bonds. The van der Waals surface area contributed by atoms with E-state index in [0.29, 0.717) is 40.5 Å². The third-order valence-electron chi connectivity index (χ3n) is 4.06. The molecule has 31 heavy (non-hydrogen) atoms. The van der Waals surface area contributed by atoms with E-state index in [0.717, 1.165) is 0 Å². The molecule has 2 aromatic rings. The third-order valence-corrected chi connectivity index (χ3v) is 4.80. The van der Waals surface area contributed by atoms with E-state index in [4.69, 9.17) is 27.9 Å². The Hall–Kier alpha value is -3.03. The number of phenolic OH excluding ortho intramolecular Hbond substituents is 1. The van der Waals surface area contributed by atoms with Crippen LogP contribution >= 0.6 is 23.2 Å². The minimum atomic E-state index is -0.374. The largest absolute Gasteiger partial charge is 0.504 e. The van der Waals surface area contributed by atoms with E-state index in [1.54, 1.807) is 24.3 Å². The molecule has 0 radical (unpaired) electrons. The number of aromatic hydroxyl groups is 1. The predicted octanol–water partition coefficient (Wildman–Crippen LogP) is 4.10. The number of hydrazone groups is 1. The fraction of sp³-hybridized carbons (Fsp3) is 0.227. The predicted molar refractivity (Wildman–Crippen MR) is 122 cm³/mol. The molecule has 0 fully saturated rings. The van der Waals surface area contributed by atoms with Gasteiger partial charge in [0.1, 0.15) is 0 Å². The van der Waals surface area contributed by atoms with Crippen LogP contribution in [0.5, 0.6) is 11.5 Å². The molecule has 0 saturated carbocycles. The normalized spacial score (nSPS) is 10.7. The summed E-state index contributed by atoms with van der Waals surface area (Å²) in [4.78, 5) is 24.0. The van der Waals surface area contributed by atoms with Gasteiger partial charge in [0.15, 0.2) is 11.5 Å². The van der Waals surface area contributed by atoms with E-state index in [-0.39, 0.29) is 35.6 Å². The highest BCUT2D eigenvalue weighted by Gasteiger charge is 2.10. The van der Waals surface area contributed by atoms with Crippen LogP contribution in [0.2, 0.25) is 10.0 Å². The molecule has 2 aromatic carbocycles. The lowest BCUT2D eigenvalue weighted by molar-refractivity contribution is -0.120. The Morgan fingerprint density at radius 2 is 2.00 bits per heavy atom. The van der Waals surface area contributed by atoms with Crippen LogP contribution in [-0.2, 0) is 11.2 Å². The highest BCUT2D eigenvalue weighted by molar-refractivity contribution is 6.42. The Balaban J connectivity index is 1.88. The van der Waals surface area contributed by atoms with E-state index < -0.39 is 0 Å². The van der Waals surface area contributed by atoms with Crippen LogP contribution in [0.25, 0.3) is 0 Å². The van der Waals surface area contributed by atoms with Gasteiger partial charge in [0, 0.05) is 24.1 Å². The molecule has 7 nitrogen and oxygen atoms in total. The summed E-state index contributed by atoms with van der Waals surface area (Å²) in [5.41, 5.74) is 4.03. The number of carbonyl (C=O) groups excluding carboxylic acids is 2. The van der Waals surface area contributed by atoms with Gasteiger partial charge in [-0.05, 0) is 49.2 Å². The summed E-state index contributed by atoms with van der Waals surface area (Å²) >= 11 is 11.7. The lowest BCUT2D eigenvalue weighted by Crippen LogP contribution is -2.29. The van der Waals surface area contributed by atoms with Gasteiger partial charge in [-0.1, -0.05) is 29.3 Å². The number of hydrogen-bond acceptors (Lipinski definition) is 5. The topological polar surface area (TPSA) is 100 Å². The molecule has 0 unspecified atom stereocenters. The maximum Gasteiger partial charge on any atom is 0.251 e. The molecule has 0 aliphatic rings. The number of carbonyl (C=O) groups is 2. The Kier molecular flexibility index (Phi) is 9.37. The van der Waals surface area contributed by atoms with Crippen molar-refractivity contribution < 1.29 is 19.4 Å². The molecule has 0 aliphatic heterocycles. The Bertz CT molecular complexity index is 993. The summed E-state index contributed by atoms with van der Waals surface area (Å²) in [7, 11) is 0. The second-order valence-electron chi connectivity index (χ2n) is 6.38. The number of hydrogen-bond donors (Lipinski definition) is 3. The number of allylic oxidation sites excluding steroid dienone is 1. The highest BCUT2D eigenvalue weighted by atomic mass is 35.5. The van der Waals surface area contributed by atoms with Crippen molar-refractivity contribution in [1.82, 2.24) is 10.7 Å². The number of nitrogens with one attached hydrogen (secondary N) is 2. The van der Waals surface area contributed by atoms with Crippen LogP contribution in [0, 0.1) is 0 Å². The molecule has 0 heterocycles. The average molecular weight is 464 g/mol. The number of benzene rings is 2. The number of rotatable bonds is 10. The Morgan fingerprint density at radius 1 is 1.23 bits per heavy atom. The first-order chi connectivity index (χ1) is 14.8. The van der Waals surface area contributed by atoms with E-state index >= 15 is 0 Å². The van der Waals surface area contributed by atoms with Crippen molar-refractivity contribution in [3.63, 3.8) is 0 Å². The fourth-order valence-electron chi connectivity index (χ4n) is 2.60. The van der Waals surface area contributed by atoms with Crippen molar-refractivity contribution >= 4 is 41.2 Å². The molecule has 0 aromatic heterocycles. The molecule has 0 atom stereocenters. The van der Waals surface area contributed by atoms with Crippen molar-refractivity contribution in [3.05, 3.63) is 69.7 Å². The van der Waals surface area contributed by atoms with Crippen LogP contribution in [0.4, 0.5) is 0 Å². The molecule has 0 aliphatic carbocycles. The van der Waals surface area contributed by atoms with Gasteiger partial charge in [-0.2, -0.15) is 5.10 Å². The lowest BCUT2D eigenvalue weighted by atomic mass is 10.1. The minimum absolute atomic E-state index is 0.0336. The van der Waals surface area contributed by atoms with E-state index in [2.05, 4.69) is 22.4 Å². The second-order valence-corrected chi connectivity index (χ2v) is 7.19. The Labute approximate surface area is 190 Å². The zero-order valence-electron chi connectivity index (χ0n) is 17.0. The maximum atomic E-state index is 12.1. The van der Waals surface area contributed by atoms with Crippen molar-refractivity contribution in [2.75, 3.05) is 13.2 Å². The highest BCUT2D eigenvalue weighted by Crippen LogP contribution is 2.32. The average Bonchev–Trinajstić information content (AvgIpc) is 2.73. The second kappa shape index (κ2) is 12.0. The Morgan fingerprint density at radius 3 is 2.68 bits per heavy atom. The van der Waals surface area contributed by atoms with Crippen molar-refractivity contribution in [2.45, 2.75) is 19.8 Å². The minimum Gasteiger partial charge on any atom is -0.504 e. The summed E-state index contributed by atoms with van der Waals surface area (Å²) in [5.74, 6) is -0.349. The van der Waals surface area contributed by atoms with Gasteiger partial charge in [-0.15, -0.1) is 6.58 Å². The molecule has 3 N–H and O–H groups in total. The van der Waals surface area contributed by atoms with E-state index in [1.165, 1.54) is 18.3 Å². The van der Waals surface area contributed by atoms with Gasteiger partial charge in [0.05, 0.1) is 22.9 Å². The van der Waals surface area contributed by atoms with Gasteiger partial charge in [0.2, 0.25) is 5.91 Å².